The molecule has 2 unspecified atom stereocenters. The maximum atomic E-state index is 14.2. The summed E-state index contributed by atoms with van der Waals surface area (Å²) >= 11 is 0. The number of aryl methyl sites for hydroxylation is 1. The summed E-state index contributed by atoms with van der Waals surface area (Å²) < 4.78 is 5.39. The first-order valence-corrected chi connectivity index (χ1v) is 14.0. The van der Waals surface area contributed by atoms with E-state index in [9.17, 15) is 19.2 Å². The Bertz CT molecular complexity index is 948. The average molecular weight is 547 g/mol. The van der Waals surface area contributed by atoms with Gasteiger partial charge in [-0.15, -0.1) is 0 Å². The Morgan fingerprint density at radius 2 is 1.54 bits per heavy atom. The molecular weight excluding hydrogens is 496 g/mol. The maximum absolute atomic E-state index is 14.2. The number of unbranched alkanes of at least 4 members (excludes halogenated alkanes) is 4. The van der Waals surface area contributed by atoms with Gasteiger partial charge in [0, 0.05) is 18.5 Å². The van der Waals surface area contributed by atoms with Gasteiger partial charge in [-0.25, -0.2) is 4.79 Å². The molecule has 0 heterocycles. The number of rotatable bonds is 14. The molecule has 0 aliphatic rings. The summed E-state index contributed by atoms with van der Waals surface area (Å²) in [7, 11) is 0. The zero-order valence-electron chi connectivity index (χ0n) is 25.2. The highest BCUT2D eigenvalue weighted by Gasteiger charge is 2.37. The lowest BCUT2D eigenvalue weighted by Gasteiger charge is -2.36. The molecule has 4 amide bonds. The predicted octanol–water partition coefficient (Wildman–Crippen LogP) is 4.91. The number of nitrogens with one attached hydrogen (secondary N) is 2. The molecule has 0 fully saturated rings. The fraction of sp³-hybridized carbons (Fsp3) is 0.667. The van der Waals surface area contributed by atoms with Crippen molar-refractivity contribution in [2.75, 3.05) is 6.54 Å². The van der Waals surface area contributed by atoms with Gasteiger partial charge in [-0.3, -0.25) is 14.4 Å². The minimum Gasteiger partial charge on any atom is -0.444 e. The summed E-state index contributed by atoms with van der Waals surface area (Å²) in [5.41, 5.74) is 5.76. The van der Waals surface area contributed by atoms with Crippen LogP contribution in [0.25, 0.3) is 0 Å². The van der Waals surface area contributed by atoms with Crippen LogP contribution in [0.2, 0.25) is 0 Å². The van der Waals surface area contributed by atoms with E-state index in [0.717, 1.165) is 31.2 Å². The van der Waals surface area contributed by atoms with Crippen LogP contribution in [-0.4, -0.2) is 52.4 Å². The number of benzene rings is 1. The summed E-state index contributed by atoms with van der Waals surface area (Å²) in [6.45, 7) is 15.2. The van der Waals surface area contributed by atoms with Crippen molar-refractivity contribution in [3.8, 4) is 0 Å². The molecule has 0 saturated carbocycles. The topological polar surface area (TPSA) is 131 Å². The smallest absolute Gasteiger partial charge is 0.408 e. The second-order valence-electron chi connectivity index (χ2n) is 12.2. The Morgan fingerprint density at radius 3 is 2.05 bits per heavy atom. The van der Waals surface area contributed by atoms with Gasteiger partial charge in [0.05, 0.1) is 0 Å². The molecule has 1 rings (SSSR count). The van der Waals surface area contributed by atoms with E-state index >= 15 is 0 Å². The average Bonchev–Trinajstić information content (AvgIpc) is 2.79. The van der Waals surface area contributed by atoms with Gasteiger partial charge in [-0.1, -0.05) is 62.4 Å². The lowest BCUT2D eigenvalue weighted by Crippen LogP contribution is -2.55. The molecule has 1 aromatic rings. The second kappa shape index (κ2) is 15.5. The molecule has 2 atom stereocenters. The largest absolute Gasteiger partial charge is 0.444 e. The fourth-order valence-corrected chi connectivity index (χ4v) is 4.11. The van der Waals surface area contributed by atoms with E-state index in [0.29, 0.717) is 18.5 Å². The van der Waals surface area contributed by atoms with Crippen molar-refractivity contribution < 1.29 is 23.9 Å². The first kappa shape index (κ1) is 33.9. The third-order valence-electron chi connectivity index (χ3n) is 5.91. The number of nitrogens with zero attached hydrogens (tertiary/aromatic N) is 1. The number of hydrogen-bond acceptors (Lipinski definition) is 5. The predicted molar refractivity (Wildman–Crippen MR) is 154 cm³/mol. The summed E-state index contributed by atoms with van der Waals surface area (Å²) in [5.74, 6) is -1.38. The maximum Gasteiger partial charge on any atom is 0.408 e. The molecule has 220 valence electrons. The van der Waals surface area contributed by atoms with E-state index in [1.807, 2.05) is 52.0 Å². The number of primary amides is 1. The zero-order chi connectivity index (χ0) is 29.8. The Kier molecular flexibility index (Phi) is 13.5. The minimum absolute atomic E-state index is 0.0126. The Morgan fingerprint density at radius 1 is 0.949 bits per heavy atom. The van der Waals surface area contributed by atoms with Crippen LogP contribution < -0.4 is 16.4 Å². The molecule has 39 heavy (non-hydrogen) atoms. The molecule has 0 aliphatic carbocycles. The van der Waals surface area contributed by atoms with Crippen molar-refractivity contribution in [2.24, 2.45) is 5.73 Å². The van der Waals surface area contributed by atoms with Gasteiger partial charge in [0.25, 0.3) is 0 Å². The van der Waals surface area contributed by atoms with Crippen LogP contribution in [0.1, 0.15) is 111 Å². The van der Waals surface area contributed by atoms with Gasteiger partial charge in [-0.2, -0.15) is 0 Å². The van der Waals surface area contributed by atoms with E-state index < -0.39 is 41.1 Å². The number of nitrogens with two attached hydrogens (primary N) is 1. The monoisotopic (exact) mass is 546 g/mol. The van der Waals surface area contributed by atoms with Crippen LogP contribution in [0.4, 0.5) is 4.79 Å². The Hall–Kier alpha value is -3.10. The molecule has 0 saturated heterocycles. The van der Waals surface area contributed by atoms with E-state index in [1.165, 1.54) is 4.90 Å². The summed E-state index contributed by atoms with van der Waals surface area (Å²) in [4.78, 5) is 53.7. The van der Waals surface area contributed by atoms with E-state index in [-0.39, 0.29) is 18.7 Å². The van der Waals surface area contributed by atoms with Crippen LogP contribution in [0.3, 0.4) is 0 Å². The number of carbonyl (C=O) groups is 4. The molecule has 0 bridgehead atoms. The minimum atomic E-state index is -1.10. The van der Waals surface area contributed by atoms with Crippen molar-refractivity contribution in [3.05, 3.63) is 35.4 Å². The number of alkyl carbamates (subject to hydrolysis) is 1. The quantitative estimate of drug-likeness (QED) is 0.285. The van der Waals surface area contributed by atoms with Gasteiger partial charge in [0.2, 0.25) is 17.7 Å². The molecule has 9 nitrogen and oxygen atoms in total. The molecule has 1 aromatic carbocycles. The molecule has 0 spiro atoms. The highest BCUT2D eigenvalue weighted by Crippen LogP contribution is 2.26. The van der Waals surface area contributed by atoms with Crippen LogP contribution in [-0.2, 0) is 19.1 Å². The van der Waals surface area contributed by atoms with Crippen molar-refractivity contribution in [3.63, 3.8) is 0 Å². The molecule has 0 aliphatic heterocycles. The van der Waals surface area contributed by atoms with E-state index in [1.54, 1.807) is 20.8 Å². The van der Waals surface area contributed by atoms with Crippen molar-refractivity contribution in [2.45, 2.75) is 124 Å². The molecule has 4 N–H and O–H groups in total. The van der Waals surface area contributed by atoms with Gasteiger partial charge >= 0.3 is 6.09 Å². The van der Waals surface area contributed by atoms with Gasteiger partial charge in [0.1, 0.15) is 17.7 Å². The fourth-order valence-electron chi connectivity index (χ4n) is 4.11. The normalized spacial score (nSPS) is 13.2. The molecule has 0 radical (unpaired) electrons. The van der Waals surface area contributed by atoms with Crippen LogP contribution in [0, 0.1) is 6.92 Å². The highest BCUT2D eigenvalue weighted by atomic mass is 16.6. The summed E-state index contributed by atoms with van der Waals surface area (Å²) in [6, 6.07) is 5.47. The van der Waals surface area contributed by atoms with E-state index in [4.69, 9.17) is 10.5 Å². The SMILES string of the molecule is CCCCCCCN(C(=O)C(CCC(N)=O)NC(=O)OC(C)(C)C)C(C(=O)NC(C)(C)C)c1ccc(C)cc1. The first-order valence-electron chi connectivity index (χ1n) is 14.0. The lowest BCUT2D eigenvalue weighted by molar-refractivity contribution is -0.143. The number of hydrogen-bond donors (Lipinski definition) is 3. The van der Waals surface area contributed by atoms with Crippen molar-refractivity contribution in [1.29, 1.82) is 0 Å². The van der Waals surface area contributed by atoms with Crippen molar-refractivity contribution in [1.82, 2.24) is 15.5 Å². The van der Waals surface area contributed by atoms with E-state index in [2.05, 4.69) is 17.6 Å². The Labute approximate surface area is 234 Å². The van der Waals surface area contributed by atoms with Gasteiger partial charge in [-0.05, 0) is 66.9 Å². The highest BCUT2D eigenvalue weighted by molar-refractivity contribution is 5.92. The van der Waals surface area contributed by atoms with Crippen molar-refractivity contribution >= 4 is 23.8 Å². The number of carbonyl (C=O) groups excluding carboxylic acids is 4. The first-order chi connectivity index (χ1) is 18.0. The number of ether oxygens (including phenoxy) is 1. The van der Waals surface area contributed by atoms with Crippen LogP contribution >= 0.6 is 0 Å². The van der Waals surface area contributed by atoms with Crippen LogP contribution in [0.5, 0.6) is 0 Å². The molecule has 9 heteroatoms. The second-order valence-corrected chi connectivity index (χ2v) is 12.2. The molecular formula is C30H50N4O5. The Balaban J connectivity index is 3.50. The summed E-state index contributed by atoms with van der Waals surface area (Å²) in [5, 5.41) is 5.65. The zero-order valence-corrected chi connectivity index (χ0v) is 25.2. The molecule has 0 aromatic heterocycles. The number of amides is 4. The standard InChI is InChI=1S/C30H50N4O5/c1-9-10-11-12-13-20-34(25(26(36)33-29(3,4)5)22-16-14-21(2)15-17-22)27(37)23(18-19-24(31)35)32-28(38)39-30(6,7)8/h14-17,23,25H,9-13,18-20H2,1-8H3,(H2,31,35)(H,32,38)(H,33,36). The van der Waals surface area contributed by atoms with Gasteiger partial charge < -0.3 is 26.0 Å². The van der Waals surface area contributed by atoms with Crippen LogP contribution in [0.15, 0.2) is 24.3 Å². The lowest BCUT2D eigenvalue weighted by atomic mass is 9.98. The van der Waals surface area contributed by atoms with Gasteiger partial charge in [0.15, 0.2) is 0 Å². The third kappa shape index (κ3) is 13.5. The third-order valence-corrected chi connectivity index (χ3v) is 5.91. The summed E-state index contributed by atoms with van der Waals surface area (Å²) in [6.07, 6.45) is 3.86.